The Morgan fingerprint density at radius 3 is 1.12 bits per heavy atom. The van der Waals surface area contributed by atoms with Crippen LogP contribution < -0.4 is 0 Å². The maximum Gasteiger partial charge on any atom is 0.147 e. The quantitative estimate of drug-likeness (QED) is 0.385. The maximum atomic E-state index is 5.67. The number of hydrogen-bond donors (Lipinski definition) is 0. The van der Waals surface area contributed by atoms with Gasteiger partial charge in [-0.1, -0.05) is 32.7 Å². The summed E-state index contributed by atoms with van der Waals surface area (Å²) >= 11 is 5.67. The second kappa shape index (κ2) is 5.85. The molecule has 0 bridgehead atoms. The van der Waals surface area contributed by atoms with Crippen LogP contribution in [0.25, 0.3) is 0 Å². The minimum absolute atomic E-state index is 0.417. The van der Waals surface area contributed by atoms with Crippen molar-refractivity contribution in [2.75, 3.05) is 0 Å². The summed E-state index contributed by atoms with van der Waals surface area (Å²) in [6.07, 6.45) is 0. The van der Waals surface area contributed by atoms with Crippen molar-refractivity contribution in [1.29, 1.82) is 0 Å². The van der Waals surface area contributed by atoms with Crippen molar-refractivity contribution in [3.8, 4) is 0 Å². The van der Waals surface area contributed by atoms with Crippen LogP contribution in [0.4, 0.5) is 0 Å². The Morgan fingerprint density at radius 1 is 1.12 bits per heavy atom. The van der Waals surface area contributed by atoms with Crippen molar-refractivity contribution < 1.29 is 0 Å². The van der Waals surface area contributed by atoms with Gasteiger partial charge in [-0.05, 0) is 0 Å². The van der Waals surface area contributed by atoms with Crippen LogP contribution in [-0.2, 0) is 0 Å². The minimum atomic E-state index is -1.14. The van der Waals surface area contributed by atoms with E-state index in [9.17, 15) is 0 Å². The lowest BCUT2D eigenvalue weighted by Crippen LogP contribution is -2.06. The molecular formula is C5H17ClSi2. The highest BCUT2D eigenvalue weighted by Gasteiger charge is 2.04. The summed E-state index contributed by atoms with van der Waals surface area (Å²) in [6.45, 7) is 10.8. The van der Waals surface area contributed by atoms with Gasteiger partial charge >= 0.3 is 0 Å². The molecule has 3 heteroatoms. The van der Waals surface area contributed by atoms with Gasteiger partial charge in [0.05, 0.1) is 0 Å². The van der Waals surface area contributed by atoms with E-state index >= 15 is 0 Å². The molecule has 0 fully saturated rings. The van der Waals surface area contributed by atoms with Gasteiger partial charge in [0, 0.05) is 9.52 Å². The van der Waals surface area contributed by atoms with Crippen molar-refractivity contribution >= 4 is 28.0 Å². The van der Waals surface area contributed by atoms with Gasteiger partial charge < -0.3 is 0 Å². The van der Waals surface area contributed by atoms with Gasteiger partial charge in [-0.2, -0.15) is 11.1 Å². The summed E-state index contributed by atoms with van der Waals surface area (Å²) in [7, 11) is -0.722. The van der Waals surface area contributed by atoms with E-state index in [1.54, 1.807) is 0 Å². The summed E-state index contributed by atoms with van der Waals surface area (Å²) in [6, 6.07) is 0. The second-order valence-corrected chi connectivity index (χ2v) is 11.7. The molecule has 0 nitrogen and oxygen atoms in total. The second-order valence-electron chi connectivity index (χ2n) is 2.77. The van der Waals surface area contributed by atoms with E-state index < -0.39 is 7.38 Å². The van der Waals surface area contributed by atoms with Gasteiger partial charge in [0.15, 0.2) is 0 Å². The molecular weight excluding hydrogens is 152 g/mol. The number of hydrogen-bond acceptors (Lipinski definition) is 0. The fourth-order valence-corrected chi connectivity index (χ4v) is 0. The standard InChI is InChI=1S/C3H9ClSi.C2H8Si/c1-5(2,3)4;1-3-2/h1-3H3;3H2,1-2H3. The lowest BCUT2D eigenvalue weighted by atomic mass is 11.8. The SMILES string of the molecule is C[SiH2]C.C[Si](C)(C)Cl. The van der Waals surface area contributed by atoms with Crippen LogP contribution in [0.1, 0.15) is 0 Å². The fourth-order valence-electron chi connectivity index (χ4n) is 0. The first-order valence-corrected chi connectivity index (χ1v) is 10.4. The molecule has 0 aliphatic heterocycles. The molecule has 0 aromatic carbocycles. The van der Waals surface area contributed by atoms with Gasteiger partial charge in [-0.25, -0.2) is 0 Å². The third-order valence-electron chi connectivity index (χ3n) is 0. The molecule has 0 radical (unpaired) electrons. The Hall–Kier alpha value is 0.724. The lowest BCUT2D eigenvalue weighted by molar-refractivity contribution is 1.87. The molecule has 0 saturated heterocycles. The van der Waals surface area contributed by atoms with Crippen molar-refractivity contribution in [2.24, 2.45) is 0 Å². The summed E-state index contributed by atoms with van der Waals surface area (Å²) in [5, 5.41) is 0. The maximum absolute atomic E-state index is 5.67. The van der Waals surface area contributed by atoms with Crippen molar-refractivity contribution in [2.45, 2.75) is 32.7 Å². The average Bonchev–Trinajstić information content (AvgIpc) is 1.27. The first-order valence-electron chi connectivity index (χ1n) is 3.10. The zero-order chi connectivity index (χ0) is 7.21. The Bertz CT molecular complexity index is 34.2. The monoisotopic (exact) mass is 168 g/mol. The first kappa shape index (κ1) is 11.5. The normalized spacial score (nSPS) is 9.75. The van der Waals surface area contributed by atoms with Gasteiger partial charge in [0.25, 0.3) is 0 Å². The first-order chi connectivity index (χ1) is 3.41. The molecule has 8 heavy (non-hydrogen) atoms. The lowest BCUT2D eigenvalue weighted by Gasteiger charge is -1.97. The molecule has 0 atom stereocenters. The molecule has 52 valence electrons. The zero-order valence-electron chi connectivity index (χ0n) is 6.59. The van der Waals surface area contributed by atoms with E-state index in [2.05, 4.69) is 32.7 Å². The summed E-state index contributed by atoms with van der Waals surface area (Å²) in [5.74, 6) is 0. The highest BCUT2D eigenvalue weighted by atomic mass is 35.6. The highest BCUT2D eigenvalue weighted by molar-refractivity contribution is 7.18. The predicted molar refractivity (Wildman–Crippen MR) is 49.5 cm³/mol. The summed E-state index contributed by atoms with van der Waals surface area (Å²) < 4.78 is 0. The predicted octanol–water partition coefficient (Wildman–Crippen LogP) is 2.31. The van der Waals surface area contributed by atoms with E-state index in [4.69, 9.17) is 11.1 Å². The van der Waals surface area contributed by atoms with Crippen LogP contribution in [0.15, 0.2) is 0 Å². The molecule has 0 aromatic heterocycles. The summed E-state index contributed by atoms with van der Waals surface area (Å²) in [4.78, 5) is 0. The van der Waals surface area contributed by atoms with Crippen LogP contribution in [0.3, 0.4) is 0 Å². The van der Waals surface area contributed by atoms with E-state index in [0.717, 1.165) is 0 Å². The Kier molecular flexibility index (Phi) is 8.42. The topological polar surface area (TPSA) is 0 Å². The molecule has 0 unspecified atom stereocenters. The zero-order valence-corrected chi connectivity index (χ0v) is 9.76. The molecule has 0 heterocycles. The van der Waals surface area contributed by atoms with E-state index in [0.29, 0.717) is 9.52 Å². The van der Waals surface area contributed by atoms with Crippen molar-refractivity contribution in [3.05, 3.63) is 0 Å². The third-order valence-corrected chi connectivity index (χ3v) is 0. The average molecular weight is 169 g/mol. The largest absolute Gasteiger partial charge is 0.168 e. The van der Waals surface area contributed by atoms with Crippen LogP contribution in [-0.4, -0.2) is 16.9 Å². The molecule has 0 N–H and O–H groups in total. The molecule has 0 amide bonds. The minimum Gasteiger partial charge on any atom is -0.168 e. The summed E-state index contributed by atoms with van der Waals surface area (Å²) in [5.41, 5.74) is 0. The van der Waals surface area contributed by atoms with Crippen LogP contribution in [0.2, 0.25) is 32.7 Å². The Labute approximate surface area is 61.2 Å². The van der Waals surface area contributed by atoms with Gasteiger partial charge in [0.2, 0.25) is 0 Å². The molecule has 0 aromatic rings. The van der Waals surface area contributed by atoms with E-state index in [1.807, 2.05) is 0 Å². The van der Waals surface area contributed by atoms with Crippen LogP contribution in [0.5, 0.6) is 0 Å². The molecule has 0 spiro atoms. The number of rotatable bonds is 0. The van der Waals surface area contributed by atoms with Crippen molar-refractivity contribution in [3.63, 3.8) is 0 Å². The Balaban J connectivity index is 0. The van der Waals surface area contributed by atoms with Gasteiger partial charge in [-0.3, -0.25) is 0 Å². The molecule has 0 aliphatic carbocycles. The van der Waals surface area contributed by atoms with Crippen LogP contribution in [0, 0.1) is 0 Å². The van der Waals surface area contributed by atoms with Crippen molar-refractivity contribution in [1.82, 2.24) is 0 Å². The van der Waals surface area contributed by atoms with E-state index in [-0.39, 0.29) is 0 Å². The highest BCUT2D eigenvalue weighted by Crippen LogP contribution is 2.03. The Morgan fingerprint density at radius 2 is 1.12 bits per heavy atom. The fraction of sp³-hybridized carbons (Fsp3) is 1.00. The van der Waals surface area contributed by atoms with Gasteiger partial charge in [-0.15, -0.1) is 0 Å². The smallest absolute Gasteiger partial charge is 0.147 e. The molecule has 0 aliphatic rings. The molecule has 0 saturated carbocycles. The van der Waals surface area contributed by atoms with E-state index in [1.165, 1.54) is 0 Å². The molecule has 0 rings (SSSR count). The van der Waals surface area contributed by atoms with Crippen LogP contribution >= 0.6 is 11.1 Å². The third kappa shape index (κ3) is 421. The number of halogens is 1. The van der Waals surface area contributed by atoms with Gasteiger partial charge in [0.1, 0.15) is 7.38 Å².